The molecule has 102 valence electrons. The van der Waals surface area contributed by atoms with E-state index in [1.807, 2.05) is 30.9 Å². The van der Waals surface area contributed by atoms with Crippen LogP contribution in [0, 0.1) is 22.7 Å². The minimum atomic E-state index is -0.503. The Balaban J connectivity index is 2.43. The largest absolute Gasteiger partial charge is 0.352 e. The number of nitrogens with zero attached hydrogens (tertiary/aromatic N) is 3. The minimum absolute atomic E-state index is 0.129. The van der Waals surface area contributed by atoms with Gasteiger partial charge in [-0.15, -0.1) is 0 Å². The molecule has 1 amide bonds. The Kier molecular flexibility index (Phi) is 3.63. The highest BCUT2D eigenvalue weighted by Crippen LogP contribution is 2.30. The third kappa shape index (κ3) is 2.44. The van der Waals surface area contributed by atoms with E-state index in [0.717, 1.165) is 5.69 Å². The maximum atomic E-state index is 12.0. The summed E-state index contributed by atoms with van der Waals surface area (Å²) in [7, 11) is 0. The molecule has 5 heteroatoms. The zero-order valence-electron chi connectivity index (χ0n) is 11.6. The van der Waals surface area contributed by atoms with E-state index in [1.165, 1.54) is 0 Å². The van der Waals surface area contributed by atoms with Crippen molar-refractivity contribution in [1.29, 1.82) is 10.5 Å². The van der Waals surface area contributed by atoms with Crippen LogP contribution in [-0.2, 0) is 4.79 Å². The Morgan fingerprint density at radius 3 is 2.55 bits per heavy atom. The maximum Gasteiger partial charge on any atom is 0.243 e. The van der Waals surface area contributed by atoms with Crippen molar-refractivity contribution in [2.75, 3.05) is 11.4 Å². The Bertz CT molecular complexity index is 592. The number of carbonyl (C=O) groups is 1. The third-order valence-electron chi connectivity index (χ3n) is 3.52. The second-order valence-electron chi connectivity index (χ2n) is 5.44. The quantitative estimate of drug-likeness (QED) is 0.882. The summed E-state index contributed by atoms with van der Waals surface area (Å²) in [6.07, 6.45) is 0.134. The molecule has 1 N–H and O–H groups in total. The van der Waals surface area contributed by atoms with Gasteiger partial charge in [-0.05, 0) is 38.1 Å². The van der Waals surface area contributed by atoms with Crippen molar-refractivity contribution in [3.05, 3.63) is 29.8 Å². The van der Waals surface area contributed by atoms with Crippen molar-refractivity contribution in [1.82, 2.24) is 5.32 Å². The number of rotatable bonds is 2. The summed E-state index contributed by atoms with van der Waals surface area (Å²) in [6, 6.07) is 10.7. The third-order valence-corrected chi connectivity index (χ3v) is 3.52. The van der Waals surface area contributed by atoms with E-state index in [0.29, 0.717) is 12.1 Å². The standard InChI is InChI=1S/C15H16N4O/c1-15(2)10-18-14(20)13(7-8-16)19(15)12-5-3-11(9-17)4-6-12/h3-6,13H,7,10H2,1-2H3,(H,18,20). The summed E-state index contributed by atoms with van der Waals surface area (Å²) in [4.78, 5) is 14.0. The first-order chi connectivity index (χ1) is 9.49. The molecule has 0 radical (unpaired) electrons. The molecule has 0 saturated carbocycles. The fourth-order valence-corrected chi connectivity index (χ4v) is 2.54. The van der Waals surface area contributed by atoms with Gasteiger partial charge in [-0.3, -0.25) is 4.79 Å². The number of nitrogens with one attached hydrogen (secondary N) is 1. The van der Waals surface area contributed by atoms with E-state index in [-0.39, 0.29) is 17.9 Å². The Hall–Kier alpha value is -2.53. The van der Waals surface area contributed by atoms with Crippen LogP contribution >= 0.6 is 0 Å². The van der Waals surface area contributed by atoms with Gasteiger partial charge in [-0.25, -0.2) is 0 Å². The zero-order chi connectivity index (χ0) is 14.8. The maximum absolute atomic E-state index is 12.0. The zero-order valence-corrected chi connectivity index (χ0v) is 11.6. The average molecular weight is 268 g/mol. The molecule has 1 aliphatic rings. The molecule has 1 atom stereocenters. The molecule has 1 aliphatic heterocycles. The van der Waals surface area contributed by atoms with Crippen LogP contribution in [-0.4, -0.2) is 24.0 Å². The van der Waals surface area contributed by atoms with Crippen molar-refractivity contribution < 1.29 is 4.79 Å². The smallest absolute Gasteiger partial charge is 0.243 e. The average Bonchev–Trinajstić information content (AvgIpc) is 2.44. The molecule has 0 spiro atoms. The number of anilines is 1. The number of benzene rings is 1. The van der Waals surface area contributed by atoms with Gasteiger partial charge in [0.25, 0.3) is 0 Å². The van der Waals surface area contributed by atoms with Gasteiger partial charge < -0.3 is 10.2 Å². The first kappa shape index (κ1) is 13.9. The summed E-state index contributed by atoms with van der Waals surface area (Å²) < 4.78 is 0. The van der Waals surface area contributed by atoms with Gasteiger partial charge in [0.15, 0.2) is 0 Å². The molecule has 1 aromatic carbocycles. The molecule has 0 aliphatic carbocycles. The second kappa shape index (κ2) is 5.22. The molecule has 1 heterocycles. The van der Waals surface area contributed by atoms with E-state index in [1.54, 1.807) is 12.1 Å². The fraction of sp³-hybridized carbons (Fsp3) is 0.400. The van der Waals surface area contributed by atoms with Gasteiger partial charge in [0.1, 0.15) is 6.04 Å². The lowest BCUT2D eigenvalue weighted by molar-refractivity contribution is -0.124. The van der Waals surface area contributed by atoms with Crippen LogP contribution in [0.5, 0.6) is 0 Å². The van der Waals surface area contributed by atoms with Crippen molar-refractivity contribution in [3.8, 4) is 12.1 Å². The van der Waals surface area contributed by atoms with Crippen LogP contribution in [0.3, 0.4) is 0 Å². The molecule has 1 aromatic rings. The predicted molar refractivity (Wildman–Crippen MR) is 74.7 cm³/mol. The van der Waals surface area contributed by atoms with E-state index in [2.05, 4.69) is 17.5 Å². The van der Waals surface area contributed by atoms with Crippen LogP contribution in [0.15, 0.2) is 24.3 Å². The number of piperazine rings is 1. The van der Waals surface area contributed by atoms with Crippen LogP contribution in [0.2, 0.25) is 0 Å². The predicted octanol–water partition coefficient (Wildman–Crippen LogP) is 1.56. The van der Waals surface area contributed by atoms with Crippen molar-refractivity contribution in [3.63, 3.8) is 0 Å². The summed E-state index contributed by atoms with van der Waals surface area (Å²) in [6.45, 7) is 4.57. The molecular weight excluding hydrogens is 252 g/mol. The first-order valence-electron chi connectivity index (χ1n) is 6.44. The monoisotopic (exact) mass is 268 g/mol. The van der Waals surface area contributed by atoms with Crippen molar-refractivity contribution >= 4 is 11.6 Å². The molecule has 20 heavy (non-hydrogen) atoms. The summed E-state index contributed by atoms with van der Waals surface area (Å²) in [5.74, 6) is -0.129. The molecule has 5 nitrogen and oxygen atoms in total. The van der Waals surface area contributed by atoms with E-state index >= 15 is 0 Å². The lowest BCUT2D eigenvalue weighted by atomic mass is 9.93. The van der Waals surface area contributed by atoms with Gasteiger partial charge in [0, 0.05) is 12.2 Å². The Labute approximate surface area is 118 Å². The van der Waals surface area contributed by atoms with Crippen LogP contribution in [0.4, 0.5) is 5.69 Å². The van der Waals surface area contributed by atoms with Crippen molar-refractivity contribution in [2.24, 2.45) is 0 Å². The van der Waals surface area contributed by atoms with Gasteiger partial charge in [-0.2, -0.15) is 10.5 Å². The topological polar surface area (TPSA) is 79.9 Å². The molecular formula is C15H16N4O. The Morgan fingerprint density at radius 2 is 2.00 bits per heavy atom. The van der Waals surface area contributed by atoms with Crippen molar-refractivity contribution in [2.45, 2.75) is 31.8 Å². The molecule has 0 bridgehead atoms. The van der Waals surface area contributed by atoms with E-state index < -0.39 is 6.04 Å². The highest BCUT2D eigenvalue weighted by molar-refractivity contribution is 5.87. The molecule has 2 rings (SSSR count). The van der Waals surface area contributed by atoms with E-state index in [9.17, 15) is 4.79 Å². The van der Waals surface area contributed by atoms with Gasteiger partial charge >= 0.3 is 0 Å². The molecule has 1 unspecified atom stereocenters. The van der Waals surface area contributed by atoms with Crippen LogP contribution < -0.4 is 10.2 Å². The van der Waals surface area contributed by atoms with Crippen LogP contribution in [0.1, 0.15) is 25.8 Å². The highest BCUT2D eigenvalue weighted by Gasteiger charge is 2.41. The van der Waals surface area contributed by atoms with Crippen LogP contribution in [0.25, 0.3) is 0 Å². The lowest BCUT2D eigenvalue weighted by Gasteiger charge is -2.48. The normalized spacial score (nSPS) is 20.7. The highest BCUT2D eigenvalue weighted by atomic mass is 16.2. The van der Waals surface area contributed by atoms with Gasteiger partial charge in [0.2, 0.25) is 5.91 Å². The molecule has 0 aromatic heterocycles. The first-order valence-corrected chi connectivity index (χ1v) is 6.44. The Morgan fingerprint density at radius 1 is 1.35 bits per heavy atom. The summed E-state index contributed by atoms with van der Waals surface area (Å²) in [5, 5.41) is 20.6. The summed E-state index contributed by atoms with van der Waals surface area (Å²) in [5.41, 5.74) is 1.14. The molecule has 1 fully saturated rings. The van der Waals surface area contributed by atoms with Gasteiger partial charge in [-0.1, -0.05) is 0 Å². The van der Waals surface area contributed by atoms with Gasteiger partial charge in [0.05, 0.1) is 29.7 Å². The lowest BCUT2D eigenvalue weighted by Crippen LogP contribution is -2.65. The van der Waals surface area contributed by atoms with E-state index in [4.69, 9.17) is 10.5 Å². The minimum Gasteiger partial charge on any atom is -0.352 e. The second-order valence-corrected chi connectivity index (χ2v) is 5.44. The summed E-state index contributed by atoms with van der Waals surface area (Å²) >= 11 is 0. The number of amides is 1. The number of hydrogen-bond acceptors (Lipinski definition) is 4. The number of nitriles is 2. The SMILES string of the molecule is CC1(C)CNC(=O)C(CC#N)N1c1ccc(C#N)cc1. The number of hydrogen-bond donors (Lipinski definition) is 1. The number of carbonyl (C=O) groups excluding carboxylic acids is 1. The molecule has 1 saturated heterocycles. The fourth-order valence-electron chi connectivity index (χ4n) is 2.54.